The van der Waals surface area contributed by atoms with Gasteiger partial charge in [0.05, 0.1) is 10.9 Å². The number of hydrogen-bond acceptors (Lipinski definition) is 3. The summed E-state index contributed by atoms with van der Waals surface area (Å²) in [5.74, 6) is 0. The maximum atomic E-state index is 5.91. The summed E-state index contributed by atoms with van der Waals surface area (Å²) in [4.78, 5) is 1.32. The second-order valence-electron chi connectivity index (χ2n) is 4.33. The number of halogens is 1. The van der Waals surface area contributed by atoms with Gasteiger partial charge < -0.3 is 10.1 Å². The fraction of sp³-hybridized carbons (Fsp3) is 0.333. The van der Waals surface area contributed by atoms with E-state index in [2.05, 4.69) is 29.6 Å². The largest absolute Gasteiger partial charge is 0.380 e. The van der Waals surface area contributed by atoms with Gasteiger partial charge in [0.2, 0.25) is 0 Å². The Morgan fingerprint density at radius 3 is 2.63 bits per heavy atom. The Hall–Kier alpha value is -0.870. The quantitative estimate of drug-likeness (QED) is 0.783. The third kappa shape index (κ3) is 4.62. The van der Waals surface area contributed by atoms with Crippen molar-refractivity contribution in [3.05, 3.63) is 56.7 Å². The number of nitrogens with one attached hydrogen (secondary N) is 1. The second kappa shape index (κ2) is 7.65. The zero-order valence-corrected chi connectivity index (χ0v) is 12.6. The van der Waals surface area contributed by atoms with Crippen molar-refractivity contribution in [2.75, 3.05) is 13.7 Å². The predicted molar refractivity (Wildman–Crippen MR) is 81.9 cm³/mol. The molecule has 1 N–H and O–H groups in total. The molecule has 1 aromatic carbocycles. The molecule has 0 fully saturated rings. The normalized spacial score (nSPS) is 10.8. The lowest BCUT2D eigenvalue weighted by molar-refractivity contribution is 0.184. The molecular formula is C15H18ClNOS. The first kappa shape index (κ1) is 14.5. The van der Waals surface area contributed by atoms with E-state index in [0.717, 1.165) is 23.8 Å². The minimum absolute atomic E-state index is 0.665. The van der Waals surface area contributed by atoms with Crippen LogP contribution in [0.1, 0.15) is 16.0 Å². The summed E-state index contributed by atoms with van der Waals surface area (Å²) in [6.45, 7) is 2.50. The van der Waals surface area contributed by atoms with E-state index in [-0.39, 0.29) is 0 Å². The molecule has 2 aromatic rings. The molecule has 2 nitrogen and oxygen atoms in total. The lowest BCUT2D eigenvalue weighted by Crippen LogP contribution is -2.17. The van der Waals surface area contributed by atoms with Crippen LogP contribution in [0.2, 0.25) is 4.34 Å². The average Bonchev–Trinajstić information content (AvgIpc) is 2.83. The van der Waals surface area contributed by atoms with Gasteiger partial charge in [0.1, 0.15) is 0 Å². The molecular weight excluding hydrogens is 278 g/mol. The molecule has 0 aliphatic carbocycles. The molecule has 0 aliphatic rings. The molecule has 0 atom stereocenters. The van der Waals surface area contributed by atoms with Crippen molar-refractivity contribution in [2.45, 2.75) is 19.6 Å². The number of thiophene rings is 1. The molecule has 102 valence electrons. The number of hydrogen-bond donors (Lipinski definition) is 1. The molecule has 19 heavy (non-hydrogen) atoms. The van der Waals surface area contributed by atoms with Gasteiger partial charge in [-0.25, -0.2) is 0 Å². The Balaban J connectivity index is 1.79. The fourth-order valence-corrected chi connectivity index (χ4v) is 3.03. The van der Waals surface area contributed by atoms with E-state index < -0.39 is 0 Å². The van der Waals surface area contributed by atoms with Crippen molar-refractivity contribution < 1.29 is 4.74 Å². The summed E-state index contributed by atoms with van der Waals surface area (Å²) in [5, 5.41) is 3.47. The Labute approximate surface area is 123 Å². The van der Waals surface area contributed by atoms with Crippen LogP contribution in [0.25, 0.3) is 0 Å². The van der Waals surface area contributed by atoms with Gasteiger partial charge in [-0.2, -0.15) is 0 Å². The first-order valence-corrected chi connectivity index (χ1v) is 7.49. The van der Waals surface area contributed by atoms with Crippen LogP contribution >= 0.6 is 22.9 Å². The molecule has 0 radical (unpaired) electrons. The highest BCUT2D eigenvalue weighted by Gasteiger charge is 2.01. The summed E-state index contributed by atoms with van der Waals surface area (Å²) in [7, 11) is 1.73. The first-order chi connectivity index (χ1) is 9.29. The van der Waals surface area contributed by atoms with Crippen LogP contribution in [0.3, 0.4) is 0 Å². The molecule has 4 heteroatoms. The Kier molecular flexibility index (Phi) is 5.86. The fourth-order valence-electron chi connectivity index (χ4n) is 1.95. The van der Waals surface area contributed by atoms with E-state index in [0.29, 0.717) is 6.61 Å². The van der Waals surface area contributed by atoms with E-state index in [9.17, 15) is 0 Å². The molecule has 0 amide bonds. The van der Waals surface area contributed by atoms with E-state index in [1.165, 1.54) is 16.0 Å². The lowest BCUT2D eigenvalue weighted by Gasteiger charge is -2.09. The topological polar surface area (TPSA) is 21.3 Å². The second-order valence-corrected chi connectivity index (χ2v) is 6.13. The summed E-state index contributed by atoms with van der Waals surface area (Å²) in [6.07, 6.45) is 1.02. The Morgan fingerprint density at radius 2 is 1.95 bits per heavy atom. The van der Waals surface area contributed by atoms with Gasteiger partial charge in [0, 0.05) is 25.1 Å². The van der Waals surface area contributed by atoms with Crippen LogP contribution in [0.4, 0.5) is 0 Å². The smallest absolute Gasteiger partial charge is 0.0931 e. The van der Waals surface area contributed by atoms with Crippen LogP contribution in [0.5, 0.6) is 0 Å². The lowest BCUT2D eigenvalue weighted by atomic mass is 10.1. The summed E-state index contributed by atoms with van der Waals surface area (Å²) in [5.41, 5.74) is 2.55. The molecule has 0 aliphatic heterocycles. The monoisotopic (exact) mass is 295 g/mol. The third-order valence-corrected chi connectivity index (χ3v) is 4.20. The van der Waals surface area contributed by atoms with Crippen LogP contribution in [0, 0.1) is 0 Å². The van der Waals surface area contributed by atoms with Gasteiger partial charge in [-0.15, -0.1) is 11.3 Å². The molecule has 0 spiro atoms. The highest BCUT2D eigenvalue weighted by Crippen LogP contribution is 2.21. The number of rotatable bonds is 7. The maximum Gasteiger partial charge on any atom is 0.0931 e. The minimum atomic E-state index is 0.665. The number of ether oxygens (including phenoxy) is 1. The van der Waals surface area contributed by atoms with Crippen molar-refractivity contribution in [1.82, 2.24) is 5.32 Å². The summed E-state index contributed by atoms with van der Waals surface area (Å²) in [6, 6.07) is 12.4. The molecule has 1 aromatic heterocycles. The molecule has 0 saturated heterocycles. The van der Waals surface area contributed by atoms with Crippen molar-refractivity contribution in [2.24, 2.45) is 0 Å². The van der Waals surface area contributed by atoms with Crippen LogP contribution < -0.4 is 5.32 Å². The highest BCUT2D eigenvalue weighted by atomic mass is 35.5. The molecule has 0 unspecified atom stereocenters. The zero-order chi connectivity index (χ0) is 13.5. The van der Waals surface area contributed by atoms with Crippen LogP contribution in [-0.2, 0) is 24.3 Å². The van der Waals surface area contributed by atoms with Gasteiger partial charge >= 0.3 is 0 Å². The van der Waals surface area contributed by atoms with Gasteiger partial charge in [-0.05, 0) is 29.7 Å². The van der Waals surface area contributed by atoms with Gasteiger partial charge in [0.25, 0.3) is 0 Å². The van der Waals surface area contributed by atoms with E-state index >= 15 is 0 Å². The van der Waals surface area contributed by atoms with Gasteiger partial charge in [-0.1, -0.05) is 35.9 Å². The van der Waals surface area contributed by atoms with E-state index in [1.54, 1.807) is 18.4 Å². The Bertz CT molecular complexity index is 512. The van der Waals surface area contributed by atoms with E-state index in [4.69, 9.17) is 16.3 Å². The highest BCUT2D eigenvalue weighted by molar-refractivity contribution is 7.16. The standard InChI is InChI=1S/C15H18ClNOS/c1-18-11-13-5-3-2-4-12(13)10-17-9-8-14-6-7-15(16)19-14/h2-7,17H,8-11H2,1H3. The SMILES string of the molecule is COCc1ccccc1CNCCc1ccc(Cl)s1. The average molecular weight is 296 g/mol. The molecule has 1 heterocycles. The molecule has 2 rings (SSSR count). The van der Waals surface area contributed by atoms with Crippen LogP contribution in [-0.4, -0.2) is 13.7 Å². The zero-order valence-electron chi connectivity index (χ0n) is 11.0. The van der Waals surface area contributed by atoms with Gasteiger partial charge in [0.15, 0.2) is 0 Å². The van der Waals surface area contributed by atoms with Gasteiger partial charge in [-0.3, -0.25) is 0 Å². The maximum absolute atomic E-state index is 5.91. The van der Waals surface area contributed by atoms with E-state index in [1.807, 2.05) is 12.1 Å². The Morgan fingerprint density at radius 1 is 1.16 bits per heavy atom. The third-order valence-electron chi connectivity index (χ3n) is 2.91. The molecule has 0 saturated carbocycles. The summed E-state index contributed by atoms with van der Waals surface area (Å²) >= 11 is 7.56. The first-order valence-electron chi connectivity index (χ1n) is 6.30. The van der Waals surface area contributed by atoms with Crippen molar-refractivity contribution in [3.8, 4) is 0 Å². The van der Waals surface area contributed by atoms with Crippen LogP contribution in [0.15, 0.2) is 36.4 Å². The predicted octanol–water partition coefficient (Wildman–Crippen LogP) is 3.88. The molecule has 0 bridgehead atoms. The van der Waals surface area contributed by atoms with Crippen molar-refractivity contribution >= 4 is 22.9 Å². The number of methoxy groups -OCH3 is 1. The minimum Gasteiger partial charge on any atom is -0.380 e. The van der Waals surface area contributed by atoms with Crippen molar-refractivity contribution in [1.29, 1.82) is 0 Å². The van der Waals surface area contributed by atoms with Crippen molar-refractivity contribution in [3.63, 3.8) is 0 Å². The number of benzene rings is 1. The summed E-state index contributed by atoms with van der Waals surface area (Å²) < 4.78 is 6.07.